The maximum Gasteiger partial charge on any atom is 0.315 e. The molecule has 1 aromatic rings. The van der Waals surface area contributed by atoms with Gasteiger partial charge in [0.05, 0.1) is 200 Å². The predicted molar refractivity (Wildman–Crippen MR) is 392 cm³/mol. The molecule has 0 radical (unpaired) electrons. The van der Waals surface area contributed by atoms with Crippen LogP contribution in [0.2, 0.25) is 0 Å². The van der Waals surface area contributed by atoms with Crippen LogP contribution in [0.15, 0.2) is 30.3 Å². The second kappa shape index (κ2) is 54.6. The highest BCUT2D eigenvalue weighted by Crippen LogP contribution is 2.34. The molecule has 0 saturated carbocycles. The maximum absolute atomic E-state index is 14.5. The fourth-order valence-electron chi connectivity index (χ4n) is 12.7. The fraction of sp³-hybridized carbons (Fsp3) is 0.822. The number of benzene rings is 1. The van der Waals surface area contributed by atoms with Gasteiger partial charge in [-0.2, -0.15) is 11.8 Å². The lowest BCUT2D eigenvalue weighted by Crippen LogP contribution is -2.59. The van der Waals surface area contributed by atoms with Crippen molar-refractivity contribution < 1.29 is 95.1 Å². The largest absolute Gasteiger partial charge is 0.379 e. The first-order chi connectivity index (χ1) is 49.9. The van der Waals surface area contributed by atoms with Gasteiger partial charge in [0.2, 0.25) is 35.4 Å². The van der Waals surface area contributed by atoms with Crippen molar-refractivity contribution in [3.05, 3.63) is 35.9 Å². The van der Waals surface area contributed by atoms with Crippen LogP contribution < -0.4 is 37.2 Å². The summed E-state index contributed by atoms with van der Waals surface area (Å²) in [5.41, 5.74) is 0.861. The van der Waals surface area contributed by atoms with Gasteiger partial charge in [-0.1, -0.05) is 91.6 Å². The second-order valence-electron chi connectivity index (χ2n) is 26.8. The average Bonchev–Trinajstić information content (AvgIpc) is 1.80. The Morgan fingerprint density at radius 2 is 1.11 bits per heavy atom. The monoisotopic (exact) mass is 1480 g/mol. The molecule has 12 atom stereocenters. The smallest absolute Gasteiger partial charge is 0.315 e. The van der Waals surface area contributed by atoms with E-state index in [4.69, 9.17) is 61.6 Å². The number of nitrogens with one attached hydrogen (secondary N) is 7. The van der Waals surface area contributed by atoms with Crippen molar-refractivity contribution in [1.29, 1.82) is 0 Å². The Morgan fingerprint density at radius 3 is 1.57 bits per heavy atom. The lowest BCUT2D eigenvalue weighted by atomic mass is 9.89. The van der Waals surface area contributed by atoms with Crippen LogP contribution in [0.25, 0.3) is 0 Å². The number of urea groups is 1. The highest BCUT2D eigenvalue weighted by molar-refractivity contribution is 8.00. The van der Waals surface area contributed by atoms with Crippen LogP contribution in [0.3, 0.4) is 0 Å². The van der Waals surface area contributed by atoms with Gasteiger partial charge in [0.15, 0.2) is 0 Å². The first-order valence-electron chi connectivity index (χ1n) is 37.4. The van der Waals surface area contributed by atoms with Gasteiger partial charge in [0.1, 0.15) is 12.1 Å². The summed E-state index contributed by atoms with van der Waals surface area (Å²) in [6, 6.07) is 6.67. The van der Waals surface area contributed by atoms with Crippen molar-refractivity contribution in [3.8, 4) is 0 Å². The predicted octanol–water partition coefficient (Wildman–Crippen LogP) is 3.16. The minimum absolute atomic E-state index is 0.00190. The molecule has 3 saturated heterocycles. The fourth-order valence-corrected chi connectivity index (χ4v) is 14.3. The number of carbonyl (C=O) groups excluding carboxylic acids is 7. The van der Waals surface area contributed by atoms with Crippen LogP contribution in [0, 0.1) is 23.7 Å². The Bertz CT molecular complexity index is 2490. The summed E-state index contributed by atoms with van der Waals surface area (Å²) >= 11 is 1.89. The molecule has 0 aliphatic carbocycles. The third-order valence-electron chi connectivity index (χ3n) is 18.6. The van der Waals surface area contributed by atoms with E-state index >= 15 is 0 Å². The Balaban J connectivity index is 0.957. The van der Waals surface area contributed by atoms with Gasteiger partial charge in [-0.25, -0.2) is 4.79 Å². The van der Waals surface area contributed by atoms with Crippen LogP contribution in [0.1, 0.15) is 105 Å². The number of ether oxygens (including phenoxy) is 13. The van der Waals surface area contributed by atoms with Crippen molar-refractivity contribution >= 4 is 53.2 Å². The molecule has 29 nitrogen and oxygen atoms in total. The van der Waals surface area contributed by atoms with Gasteiger partial charge >= 0.3 is 6.03 Å². The van der Waals surface area contributed by atoms with Gasteiger partial charge in [-0.05, 0) is 56.0 Å². The standard InChI is InChI=1S/C73H129N9O20S/c1-12-54(6)67(81(9)72(88)65(53(4)5)79-71(87)64(74-8)52(2)3)60(90-10)50-63(84)82-26-18-21-59(82)68(91-11)55(7)69(85)77-57(49-56-19-14-13-15-20-56)70(86)76-25-28-93-30-32-95-34-36-97-38-40-99-42-44-101-46-48-102-47-45-100-43-41-98-39-37-96-35-33-94-31-29-92-27-24-75-62(83)23-17-16-22-61-66-58(51-103-61)78-73(89)80-66/h13-15,19-20,52-55,57-61,64-68,74H,12,16-18,21-51H2,1-11H3,(H,75,83)(H,76,86)(H,77,85)(H,79,87)(H2,78,80,89)/t54-,55+,57-,58+,59-,60+,61+,64-,65-,66+,67-,68+/m0/s1. The van der Waals surface area contributed by atoms with E-state index in [1.165, 1.54) is 7.11 Å². The first kappa shape index (κ1) is 90.5. The van der Waals surface area contributed by atoms with E-state index in [1.54, 1.807) is 37.9 Å². The molecule has 0 bridgehead atoms. The second-order valence-corrected chi connectivity index (χ2v) is 28.1. The summed E-state index contributed by atoms with van der Waals surface area (Å²) in [4.78, 5) is 97.3. The van der Waals surface area contributed by atoms with Crippen molar-refractivity contribution in [2.75, 3.05) is 199 Å². The van der Waals surface area contributed by atoms with Gasteiger partial charge in [0.25, 0.3) is 0 Å². The van der Waals surface area contributed by atoms with Crippen LogP contribution in [-0.4, -0.2) is 310 Å². The molecule has 3 fully saturated rings. The number of carbonyl (C=O) groups is 7. The SMILES string of the molecule is CC[C@H](C)[C@@H]([C@@H](CC(=O)N1CCC[C@H]1[C@H](OC)[C@@H](C)C(=O)N[C@@H](Cc1ccccc1)C(=O)NCCOCCOCCOCCOCCOCCOCCOCCOCCOCCOCCOCCNC(=O)CCCC[C@H]1SC[C@H]2NC(=O)N[C@H]21)OC)N(C)C(=O)[C@@H](NC(=O)[C@@H](NC)C(C)C)C(C)C. The molecule has 30 heteroatoms. The summed E-state index contributed by atoms with van der Waals surface area (Å²) in [7, 11) is 6.52. The third-order valence-corrected chi connectivity index (χ3v) is 20.1. The van der Waals surface area contributed by atoms with Gasteiger partial charge in [0, 0.05) is 64.7 Å². The maximum atomic E-state index is 14.5. The number of amides is 8. The number of likely N-dealkylation sites (tertiary alicyclic amines) is 1. The van der Waals surface area contributed by atoms with Crippen molar-refractivity contribution in [3.63, 3.8) is 0 Å². The van der Waals surface area contributed by atoms with E-state index in [2.05, 4.69) is 37.2 Å². The molecule has 3 aliphatic heterocycles. The lowest BCUT2D eigenvalue weighted by Gasteiger charge is -2.41. The molecule has 4 rings (SSSR count). The van der Waals surface area contributed by atoms with Crippen LogP contribution in [-0.2, 0) is 96.8 Å². The highest BCUT2D eigenvalue weighted by Gasteiger charge is 2.45. The Hall–Kier alpha value is -4.90. The minimum atomic E-state index is -0.914. The lowest BCUT2D eigenvalue weighted by molar-refractivity contribution is -0.148. The molecule has 592 valence electrons. The molecule has 8 amide bonds. The van der Waals surface area contributed by atoms with Crippen LogP contribution >= 0.6 is 11.8 Å². The van der Waals surface area contributed by atoms with Gasteiger partial charge < -0.3 is 109 Å². The number of unbranched alkanes of at least 4 members (excludes halogenated alkanes) is 1. The molecule has 3 aliphatic rings. The number of nitrogens with zero attached hydrogens (tertiary/aromatic N) is 2. The Labute approximate surface area is 617 Å². The summed E-state index contributed by atoms with van der Waals surface area (Å²) < 4.78 is 73.5. The summed E-state index contributed by atoms with van der Waals surface area (Å²) in [5.74, 6) is -1.53. The third kappa shape index (κ3) is 35.6. The average molecular weight is 1480 g/mol. The quantitative estimate of drug-likeness (QED) is 0.0364. The zero-order valence-corrected chi connectivity index (χ0v) is 64.5. The van der Waals surface area contributed by atoms with Crippen molar-refractivity contribution in [2.45, 2.75) is 166 Å². The van der Waals surface area contributed by atoms with Crippen molar-refractivity contribution in [2.24, 2.45) is 23.7 Å². The number of thioether (sulfide) groups is 1. The summed E-state index contributed by atoms with van der Waals surface area (Å²) in [5, 5.41) is 21.2. The zero-order chi connectivity index (χ0) is 75.0. The van der Waals surface area contributed by atoms with Crippen molar-refractivity contribution in [1.82, 2.24) is 47.0 Å². The number of likely N-dealkylation sites (N-methyl/N-ethyl adjacent to an activating group) is 2. The van der Waals surface area contributed by atoms with E-state index in [-0.39, 0.29) is 91.4 Å². The molecule has 0 unspecified atom stereocenters. The van der Waals surface area contributed by atoms with E-state index in [1.807, 2.05) is 83.6 Å². The number of fused-ring (bicyclic) bond motifs is 1. The van der Waals surface area contributed by atoms with Crippen LogP contribution in [0.4, 0.5) is 4.79 Å². The number of hydrogen-bond acceptors (Lipinski definition) is 22. The Kier molecular flexibility index (Phi) is 48.0. The zero-order valence-electron chi connectivity index (χ0n) is 63.7. The molecule has 103 heavy (non-hydrogen) atoms. The molecule has 3 heterocycles. The topological polar surface area (TPSA) is 330 Å². The van der Waals surface area contributed by atoms with E-state index < -0.39 is 54.2 Å². The number of hydrogen-bond donors (Lipinski definition) is 7. The molecular formula is C73H129N9O20S. The van der Waals surface area contributed by atoms with Gasteiger partial charge in [-0.15, -0.1) is 0 Å². The summed E-state index contributed by atoms with van der Waals surface area (Å²) in [6.45, 7) is 23.7. The number of rotatable bonds is 62. The first-order valence-corrected chi connectivity index (χ1v) is 38.4. The summed E-state index contributed by atoms with van der Waals surface area (Å²) in [6.07, 6.45) is 4.11. The molecule has 0 spiro atoms. The van der Waals surface area contributed by atoms with Crippen LogP contribution in [0.5, 0.6) is 0 Å². The van der Waals surface area contributed by atoms with Gasteiger partial charge in [-0.3, -0.25) is 28.8 Å². The normalized spacial score (nSPS) is 18.9. The number of methoxy groups -OCH3 is 2. The van der Waals surface area contributed by atoms with E-state index in [0.29, 0.717) is 183 Å². The van der Waals surface area contributed by atoms with E-state index in [0.717, 1.165) is 30.6 Å². The molecular weight excluding hydrogens is 1350 g/mol. The molecule has 7 N–H and O–H groups in total. The van der Waals surface area contributed by atoms with E-state index in [9.17, 15) is 33.6 Å². The Morgan fingerprint density at radius 1 is 0.612 bits per heavy atom. The molecule has 1 aromatic carbocycles. The highest BCUT2D eigenvalue weighted by atomic mass is 32.2. The molecule has 0 aromatic heterocycles. The minimum Gasteiger partial charge on any atom is -0.379 e.